The summed E-state index contributed by atoms with van der Waals surface area (Å²) in [5.41, 5.74) is 0. The number of nitrogens with zero attached hydrogens (tertiary/aromatic N) is 3. The Bertz CT molecular complexity index is 329. The molecule has 0 saturated heterocycles. The van der Waals surface area contributed by atoms with Crippen LogP contribution in [0.1, 0.15) is 59.3 Å². The third kappa shape index (κ3) is 5.12. The molecule has 0 bridgehead atoms. The summed E-state index contributed by atoms with van der Waals surface area (Å²) in [6.45, 7) is 4.64. The van der Waals surface area contributed by atoms with Crippen LogP contribution in [0, 0.1) is 22.9 Å². The summed E-state index contributed by atoms with van der Waals surface area (Å²) < 4.78 is 6.94. The van der Waals surface area contributed by atoms with Gasteiger partial charge in [0.25, 0.3) is 0 Å². The maximum absolute atomic E-state index is 9.67. The SMILES string of the molecule is CCCCP(CCCC)(CCCC)(CCOC)N(C#N)C#N. The second kappa shape index (κ2) is 10.8. The average molecular weight is 327 g/mol. The van der Waals surface area contributed by atoms with E-state index in [0.717, 1.165) is 63.2 Å². The van der Waals surface area contributed by atoms with Crippen LogP contribution in [-0.4, -0.2) is 43.0 Å². The van der Waals surface area contributed by atoms with E-state index >= 15 is 0 Å². The van der Waals surface area contributed by atoms with Gasteiger partial charge in [0.05, 0.1) is 0 Å². The van der Waals surface area contributed by atoms with Gasteiger partial charge in [-0.15, -0.1) is 0 Å². The molecule has 0 aliphatic carbocycles. The molecule has 0 atom stereocenters. The van der Waals surface area contributed by atoms with Gasteiger partial charge in [-0.3, -0.25) is 0 Å². The molecule has 0 N–H and O–H groups in total. The van der Waals surface area contributed by atoms with Crippen molar-refractivity contribution in [3.05, 3.63) is 0 Å². The van der Waals surface area contributed by atoms with Gasteiger partial charge in [0.2, 0.25) is 0 Å². The van der Waals surface area contributed by atoms with Gasteiger partial charge in [0.1, 0.15) is 0 Å². The van der Waals surface area contributed by atoms with E-state index < -0.39 is 6.75 Å². The molecule has 0 radical (unpaired) electrons. The van der Waals surface area contributed by atoms with E-state index in [1.165, 1.54) is 0 Å². The molecule has 0 fully saturated rings. The normalized spacial score (nSPS) is 12.9. The zero-order valence-corrected chi connectivity index (χ0v) is 15.9. The molecule has 0 aromatic rings. The molecule has 0 aliphatic rings. The van der Waals surface area contributed by atoms with Crippen molar-refractivity contribution in [1.29, 1.82) is 10.5 Å². The van der Waals surface area contributed by atoms with Crippen LogP contribution in [0.15, 0.2) is 0 Å². The Hall–Kier alpha value is -0.830. The third-order valence-corrected chi connectivity index (χ3v) is 11.9. The van der Waals surface area contributed by atoms with Crippen molar-refractivity contribution in [2.45, 2.75) is 59.3 Å². The Balaban J connectivity index is 5.89. The Morgan fingerprint density at radius 1 is 0.818 bits per heavy atom. The van der Waals surface area contributed by atoms with Crippen molar-refractivity contribution >= 4 is 6.75 Å². The van der Waals surface area contributed by atoms with Gasteiger partial charge in [-0.25, -0.2) is 0 Å². The van der Waals surface area contributed by atoms with Crippen LogP contribution < -0.4 is 0 Å². The van der Waals surface area contributed by atoms with Crippen LogP contribution in [0.3, 0.4) is 0 Å². The molecule has 4 nitrogen and oxygen atoms in total. The summed E-state index contributed by atoms with van der Waals surface area (Å²) in [6, 6.07) is 0. The fraction of sp³-hybridized carbons (Fsp3) is 0.882. The summed E-state index contributed by atoms with van der Waals surface area (Å²) in [6.07, 6.45) is 15.0. The van der Waals surface area contributed by atoms with Crippen LogP contribution in [-0.2, 0) is 4.74 Å². The molecule has 0 amide bonds. The topological polar surface area (TPSA) is 60.0 Å². The standard InChI is InChI=1S/C17H34N3OP/c1-5-8-12-22(13-9-6-2,14-10-7-3,15-11-21-4)20(16-18)17-19/h5-15H2,1-4H3. The Labute approximate surface area is 137 Å². The minimum absolute atomic E-state index is 0.648. The fourth-order valence-corrected chi connectivity index (χ4v) is 10.0. The Morgan fingerprint density at radius 3 is 1.50 bits per heavy atom. The number of nitriles is 2. The first-order valence-corrected chi connectivity index (χ1v) is 11.6. The van der Waals surface area contributed by atoms with Crippen LogP contribution in [0.4, 0.5) is 0 Å². The van der Waals surface area contributed by atoms with Crippen molar-refractivity contribution in [2.24, 2.45) is 0 Å². The number of unbranched alkanes of at least 4 members (excludes halogenated alkanes) is 3. The number of hydrogen-bond acceptors (Lipinski definition) is 4. The maximum atomic E-state index is 9.67. The molecular weight excluding hydrogens is 293 g/mol. The summed E-state index contributed by atoms with van der Waals surface area (Å²) in [5.74, 6) is 0. The third-order valence-electron chi connectivity index (χ3n) is 4.88. The van der Waals surface area contributed by atoms with Crippen molar-refractivity contribution in [3.63, 3.8) is 0 Å². The molecule has 0 aromatic carbocycles. The van der Waals surface area contributed by atoms with E-state index in [0.29, 0.717) is 6.61 Å². The van der Waals surface area contributed by atoms with E-state index in [4.69, 9.17) is 4.74 Å². The molecule has 0 saturated carbocycles. The van der Waals surface area contributed by atoms with Gasteiger partial charge in [-0.1, -0.05) is 0 Å². The molecular formula is C17H34N3OP. The van der Waals surface area contributed by atoms with E-state index in [1.54, 1.807) is 11.8 Å². The minimum atomic E-state index is -2.57. The van der Waals surface area contributed by atoms with Crippen molar-refractivity contribution in [2.75, 3.05) is 38.4 Å². The number of rotatable bonds is 13. The predicted molar refractivity (Wildman–Crippen MR) is 96.1 cm³/mol. The van der Waals surface area contributed by atoms with Gasteiger partial charge < -0.3 is 0 Å². The zero-order chi connectivity index (χ0) is 16.9. The van der Waals surface area contributed by atoms with Gasteiger partial charge in [-0.2, -0.15) is 0 Å². The Morgan fingerprint density at radius 2 is 1.23 bits per heavy atom. The first kappa shape index (κ1) is 21.2. The number of ether oxygens (including phenoxy) is 1. The molecule has 0 heterocycles. The average Bonchev–Trinajstić information content (AvgIpc) is 2.56. The van der Waals surface area contributed by atoms with Crippen LogP contribution >= 0.6 is 6.75 Å². The first-order chi connectivity index (χ1) is 10.6. The number of methoxy groups -OCH3 is 1. The van der Waals surface area contributed by atoms with Gasteiger partial charge in [-0.05, 0) is 0 Å². The molecule has 0 spiro atoms. The van der Waals surface area contributed by atoms with Crippen molar-refractivity contribution in [1.82, 2.24) is 4.67 Å². The quantitative estimate of drug-likeness (QED) is 0.278. The van der Waals surface area contributed by atoms with E-state index in [9.17, 15) is 10.5 Å². The summed E-state index contributed by atoms with van der Waals surface area (Å²) in [7, 11) is 1.72. The Kier molecular flexibility index (Phi) is 10.4. The zero-order valence-electron chi connectivity index (χ0n) is 15.0. The van der Waals surface area contributed by atoms with E-state index in [1.807, 2.05) is 0 Å². The molecule has 0 rings (SSSR count). The number of hydrogen-bond donors (Lipinski definition) is 0. The molecule has 5 heteroatoms. The van der Waals surface area contributed by atoms with Crippen molar-refractivity contribution in [3.8, 4) is 12.4 Å². The molecule has 0 aromatic heterocycles. The predicted octanol–water partition coefficient (Wildman–Crippen LogP) is 4.77. The van der Waals surface area contributed by atoms with Gasteiger partial charge in [0.15, 0.2) is 0 Å². The monoisotopic (exact) mass is 327 g/mol. The summed E-state index contributed by atoms with van der Waals surface area (Å²) in [4.78, 5) is 0. The fourth-order valence-electron chi connectivity index (χ4n) is 3.36. The summed E-state index contributed by atoms with van der Waals surface area (Å²) >= 11 is 0. The van der Waals surface area contributed by atoms with Crippen LogP contribution in [0.25, 0.3) is 0 Å². The molecule has 22 heavy (non-hydrogen) atoms. The second-order valence-corrected chi connectivity index (χ2v) is 12.4. The van der Waals surface area contributed by atoms with Gasteiger partial charge >= 0.3 is 137 Å². The van der Waals surface area contributed by atoms with Crippen molar-refractivity contribution < 1.29 is 4.74 Å². The van der Waals surface area contributed by atoms with E-state index in [-0.39, 0.29) is 0 Å². The molecule has 0 unspecified atom stereocenters. The molecule has 0 aliphatic heterocycles. The first-order valence-electron chi connectivity index (χ1n) is 8.68. The van der Waals surface area contributed by atoms with Gasteiger partial charge in [0, 0.05) is 0 Å². The second-order valence-electron chi connectivity index (χ2n) is 6.37. The van der Waals surface area contributed by atoms with E-state index in [2.05, 4.69) is 33.2 Å². The molecule has 128 valence electrons. The van der Waals surface area contributed by atoms with Crippen LogP contribution in [0.2, 0.25) is 0 Å². The van der Waals surface area contributed by atoms with Crippen LogP contribution in [0.5, 0.6) is 0 Å². The summed E-state index contributed by atoms with van der Waals surface area (Å²) in [5, 5.41) is 19.3.